The highest BCUT2D eigenvalue weighted by Crippen LogP contribution is 2.27. The molecule has 20 heavy (non-hydrogen) atoms. The van der Waals surface area contributed by atoms with Crippen molar-refractivity contribution in [2.24, 2.45) is 0 Å². The lowest BCUT2D eigenvalue weighted by atomic mass is 10.1. The zero-order chi connectivity index (χ0) is 14.4. The largest absolute Gasteiger partial charge is 0.313 e. The number of rotatable bonds is 7. The van der Waals surface area contributed by atoms with E-state index in [0.29, 0.717) is 11.3 Å². The van der Waals surface area contributed by atoms with E-state index < -0.39 is 0 Å². The fourth-order valence-electron chi connectivity index (χ4n) is 2.77. The Morgan fingerprint density at radius 2 is 2.10 bits per heavy atom. The molecule has 1 N–H and O–H groups in total. The monoisotopic (exact) mass is 296 g/mol. The van der Waals surface area contributed by atoms with Crippen LogP contribution in [0, 0.1) is 0 Å². The van der Waals surface area contributed by atoms with Crippen LogP contribution in [-0.2, 0) is 13.0 Å². The van der Waals surface area contributed by atoms with Crippen molar-refractivity contribution in [3.8, 4) is 0 Å². The Morgan fingerprint density at radius 1 is 1.25 bits per heavy atom. The van der Waals surface area contributed by atoms with Gasteiger partial charge in [0.15, 0.2) is 5.16 Å². The molecule has 2 atom stereocenters. The van der Waals surface area contributed by atoms with Crippen LogP contribution in [-0.4, -0.2) is 32.6 Å². The second-order valence-electron chi connectivity index (χ2n) is 5.65. The van der Waals surface area contributed by atoms with E-state index in [4.69, 9.17) is 0 Å². The molecule has 2 rings (SSSR count). The van der Waals surface area contributed by atoms with Crippen molar-refractivity contribution in [1.82, 2.24) is 20.1 Å². The molecule has 2 heterocycles. The Bertz CT molecular complexity index is 405. The van der Waals surface area contributed by atoms with Crippen LogP contribution in [0.15, 0.2) is 5.16 Å². The Balaban J connectivity index is 2.00. The number of nitrogens with zero attached hydrogens (tertiary/aromatic N) is 3. The van der Waals surface area contributed by atoms with Gasteiger partial charge in [-0.15, -0.1) is 10.2 Å². The van der Waals surface area contributed by atoms with Crippen molar-refractivity contribution < 1.29 is 0 Å². The molecular formula is C15H28N4S. The minimum atomic E-state index is 0.531. The SMILES string of the molecule is CCCNC(CC)C(C)Sc1nnc2n1CCCCC2. The van der Waals surface area contributed by atoms with Gasteiger partial charge >= 0.3 is 0 Å². The summed E-state index contributed by atoms with van der Waals surface area (Å²) >= 11 is 1.88. The zero-order valence-electron chi connectivity index (χ0n) is 13.1. The smallest absolute Gasteiger partial charge is 0.191 e. The molecule has 1 aliphatic heterocycles. The first-order valence-corrected chi connectivity index (χ1v) is 8.96. The normalized spacial score (nSPS) is 18.4. The predicted molar refractivity (Wildman–Crippen MR) is 85.3 cm³/mol. The lowest BCUT2D eigenvalue weighted by molar-refractivity contribution is 0.492. The molecule has 114 valence electrons. The number of nitrogens with one attached hydrogen (secondary N) is 1. The van der Waals surface area contributed by atoms with Crippen LogP contribution < -0.4 is 5.32 Å². The third-order valence-electron chi connectivity index (χ3n) is 4.03. The van der Waals surface area contributed by atoms with E-state index in [1.807, 2.05) is 11.8 Å². The maximum atomic E-state index is 4.42. The summed E-state index contributed by atoms with van der Waals surface area (Å²) in [4.78, 5) is 0. The standard InChI is InChI=1S/C15H28N4S/c1-4-10-16-13(5-2)12(3)20-15-18-17-14-9-7-6-8-11-19(14)15/h12-13,16H,4-11H2,1-3H3. The Kier molecular flexibility index (Phi) is 6.36. The lowest BCUT2D eigenvalue weighted by Crippen LogP contribution is -2.36. The number of aromatic nitrogens is 3. The van der Waals surface area contributed by atoms with Crippen LogP contribution in [0.5, 0.6) is 0 Å². The van der Waals surface area contributed by atoms with Crippen molar-refractivity contribution >= 4 is 11.8 Å². The molecule has 0 aromatic carbocycles. The molecule has 1 aromatic rings. The van der Waals surface area contributed by atoms with Gasteiger partial charge in [0.05, 0.1) is 0 Å². The molecule has 1 aromatic heterocycles. The highest BCUT2D eigenvalue weighted by atomic mass is 32.2. The maximum Gasteiger partial charge on any atom is 0.191 e. The van der Waals surface area contributed by atoms with Gasteiger partial charge in [0.2, 0.25) is 0 Å². The zero-order valence-corrected chi connectivity index (χ0v) is 13.9. The highest BCUT2D eigenvalue weighted by Gasteiger charge is 2.21. The first kappa shape index (κ1) is 15.8. The Hall–Kier alpha value is -0.550. The molecule has 0 fully saturated rings. The van der Waals surface area contributed by atoms with E-state index in [0.717, 1.165) is 31.1 Å². The molecule has 0 saturated carbocycles. The third kappa shape index (κ3) is 3.98. The van der Waals surface area contributed by atoms with Gasteiger partial charge in [-0.05, 0) is 32.2 Å². The van der Waals surface area contributed by atoms with Gasteiger partial charge in [-0.1, -0.05) is 39.0 Å². The van der Waals surface area contributed by atoms with Gasteiger partial charge in [-0.25, -0.2) is 0 Å². The fraction of sp³-hybridized carbons (Fsp3) is 0.867. The van der Waals surface area contributed by atoms with Crippen molar-refractivity contribution in [2.75, 3.05) is 6.54 Å². The van der Waals surface area contributed by atoms with Crippen LogP contribution >= 0.6 is 11.8 Å². The van der Waals surface area contributed by atoms with E-state index in [2.05, 4.69) is 40.9 Å². The van der Waals surface area contributed by atoms with Crippen LogP contribution in [0.2, 0.25) is 0 Å². The maximum absolute atomic E-state index is 4.42. The van der Waals surface area contributed by atoms with Gasteiger partial charge in [0, 0.05) is 24.3 Å². The summed E-state index contributed by atoms with van der Waals surface area (Å²) in [6.07, 6.45) is 7.28. The summed E-state index contributed by atoms with van der Waals surface area (Å²) < 4.78 is 2.35. The molecular weight excluding hydrogens is 268 g/mol. The number of hydrogen-bond acceptors (Lipinski definition) is 4. The van der Waals surface area contributed by atoms with Crippen molar-refractivity contribution in [1.29, 1.82) is 0 Å². The highest BCUT2D eigenvalue weighted by molar-refractivity contribution is 7.99. The van der Waals surface area contributed by atoms with Crippen molar-refractivity contribution in [3.63, 3.8) is 0 Å². The molecule has 2 unspecified atom stereocenters. The quantitative estimate of drug-likeness (QED) is 0.784. The van der Waals surface area contributed by atoms with E-state index in [1.165, 1.54) is 31.5 Å². The van der Waals surface area contributed by atoms with Crippen molar-refractivity contribution in [3.05, 3.63) is 5.82 Å². The van der Waals surface area contributed by atoms with Gasteiger partial charge in [0.1, 0.15) is 5.82 Å². The van der Waals surface area contributed by atoms with E-state index >= 15 is 0 Å². The first-order chi connectivity index (χ1) is 9.76. The predicted octanol–water partition coefficient (Wildman–Crippen LogP) is 3.26. The topological polar surface area (TPSA) is 42.7 Å². The summed E-state index contributed by atoms with van der Waals surface area (Å²) in [5.74, 6) is 1.19. The van der Waals surface area contributed by atoms with Gasteiger partial charge < -0.3 is 9.88 Å². The van der Waals surface area contributed by atoms with Crippen molar-refractivity contribution in [2.45, 2.75) is 82.3 Å². The summed E-state index contributed by atoms with van der Waals surface area (Å²) in [5.41, 5.74) is 0. The van der Waals surface area contributed by atoms with Crippen LogP contribution in [0.25, 0.3) is 0 Å². The average Bonchev–Trinajstić information content (AvgIpc) is 2.68. The van der Waals surface area contributed by atoms with Gasteiger partial charge in [0.25, 0.3) is 0 Å². The summed E-state index contributed by atoms with van der Waals surface area (Å²) in [6, 6.07) is 0.554. The molecule has 0 saturated heterocycles. The number of fused-ring (bicyclic) bond motifs is 1. The van der Waals surface area contributed by atoms with E-state index in [1.54, 1.807) is 0 Å². The molecule has 0 bridgehead atoms. The Morgan fingerprint density at radius 3 is 2.85 bits per heavy atom. The van der Waals surface area contributed by atoms with Crippen LogP contribution in [0.1, 0.15) is 58.7 Å². The fourth-order valence-corrected chi connectivity index (χ4v) is 3.96. The third-order valence-corrected chi connectivity index (χ3v) is 5.24. The van der Waals surface area contributed by atoms with Gasteiger partial charge in [-0.3, -0.25) is 0 Å². The first-order valence-electron chi connectivity index (χ1n) is 8.08. The summed E-state index contributed by atoms with van der Waals surface area (Å²) in [5, 5.41) is 14.1. The van der Waals surface area contributed by atoms with Gasteiger partial charge in [-0.2, -0.15) is 0 Å². The number of hydrogen-bond donors (Lipinski definition) is 1. The average molecular weight is 296 g/mol. The van der Waals surface area contributed by atoms with E-state index in [9.17, 15) is 0 Å². The minimum Gasteiger partial charge on any atom is -0.313 e. The molecule has 5 heteroatoms. The lowest BCUT2D eigenvalue weighted by Gasteiger charge is -2.23. The minimum absolute atomic E-state index is 0.531. The molecule has 0 aliphatic carbocycles. The summed E-state index contributed by atoms with van der Waals surface area (Å²) in [6.45, 7) is 8.97. The van der Waals surface area contributed by atoms with E-state index in [-0.39, 0.29) is 0 Å². The second kappa shape index (κ2) is 8.03. The molecule has 0 spiro atoms. The Labute approximate surface area is 127 Å². The number of aryl methyl sites for hydroxylation is 1. The van der Waals surface area contributed by atoms with Crippen LogP contribution in [0.3, 0.4) is 0 Å². The molecule has 1 aliphatic rings. The molecule has 0 radical (unpaired) electrons. The second-order valence-corrected chi connectivity index (χ2v) is 7.00. The number of thioether (sulfide) groups is 1. The summed E-state index contributed by atoms with van der Waals surface area (Å²) in [7, 11) is 0. The van der Waals surface area contributed by atoms with Crippen LogP contribution in [0.4, 0.5) is 0 Å². The molecule has 4 nitrogen and oxygen atoms in total. The molecule has 0 amide bonds.